The number of halogens is 1. The summed E-state index contributed by atoms with van der Waals surface area (Å²) in [5, 5.41) is 4.63. The molecule has 1 aliphatic heterocycles. The Morgan fingerprint density at radius 3 is 2.67 bits per heavy atom. The Morgan fingerprint density at radius 1 is 1.19 bits per heavy atom. The number of rotatable bonds is 5. The van der Waals surface area contributed by atoms with Crippen molar-refractivity contribution in [2.75, 3.05) is 38.2 Å². The topological polar surface area (TPSA) is 50.3 Å². The molecular weight excluding hydrogens is 363 g/mol. The first-order valence-corrected chi connectivity index (χ1v) is 9.97. The number of benzene rings is 1. The zero-order valence-electron chi connectivity index (χ0n) is 15.5. The summed E-state index contributed by atoms with van der Waals surface area (Å²) in [5.41, 5.74) is 2.32. The van der Waals surface area contributed by atoms with Crippen LogP contribution in [-0.2, 0) is 4.74 Å². The molecule has 3 heterocycles. The molecule has 2 aromatic heterocycles. The van der Waals surface area contributed by atoms with Crippen LogP contribution in [0.25, 0.3) is 10.2 Å². The van der Waals surface area contributed by atoms with Gasteiger partial charge in [0.15, 0.2) is 0 Å². The Balaban J connectivity index is 1.61. The Kier molecular flexibility index (Phi) is 5.33. The van der Waals surface area contributed by atoms with Gasteiger partial charge in [0.2, 0.25) is 0 Å². The molecule has 1 aliphatic rings. The van der Waals surface area contributed by atoms with Crippen LogP contribution in [0, 0.1) is 19.7 Å². The van der Waals surface area contributed by atoms with Gasteiger partial charge in [-0.2, -0.15) is 0 Å². The van der Waals surface area contributed by atoms with Crippen LogP contribution in [0.15, 0.2) is 30.6 Å². The van der Waals surface area contributed by atoms with Gasteiger partial charge >= 0.3 is 0 Å². The van der Waals surface area contributed by atoms with Gasteiger partial charge in [-0.05, 0) is 37.1 Å². The van der Waals surface area contributed by atoms with Crippen LogP contribution < -0.4 is 5.32 Å². The van der Waals surface area contributed by atoms with E-state index in [2.05, 4.69) is 34.0 Å². The number of hydrogen-bond donors (Lipinski definition) is 1. The van der Waals surface area contributed by atoms with Gasteiger partial charge in [-0.1, -0.05) is 12.1 Å². The second kappa shape index (κ2) is 7.88. The smallest absolute Gasteiger partial charge is 0.138 e. The van der Waals surface area contributed by atoms with E-state index in [0.29, 0.717) is 6.54 Å². The first-order chi connectivity index (χ1) is 13.1. The highest BCUT2D eigenvalue weighted by molar-refractivity contribution is 7.18. The molecule has 142 valence electrons. The molecule has 1 N–H and O–H groups in total. The van der Waals surface area contributed by atoms with Gasteiger partial charge in [0.1, 0.15) is 22.8 Å². The number of thiophene rings is 1. The molecule has 0 radical (unpaired) electrons. The van der Waals surface area contributed by atoms with Crippen molar-refractivity contribution in [1.82, 2.24) is 14.9 Å². The van der Waals surface area contributed by atoms with E-state index in [1.807, 2.05) is 12.1 Å². The van der Waals surface area contributed by atoms with E-state index in [1.165, 1.54) is 22.6 Å². The highest BCUT2D eigenvalue weighted by Crippen LogP contribution is 2.33. The summed E-state index contributed by atoms with van der Waals surface area (Å²) in [5.74, 6) is 0.650. The van der Waals surface area contributed by atoms with Crippen molar-refractivity contribution >= 4 is 27.4 Å². The average Bonchev–Trinajstić information content (AvgIpc) is 2.99. The molecule has 1 atom stereocenters. The maximum Gasteiger partial charge on any atom is 0.138 e. The third-order valence-corrected chi connectivity index (χ3v) is 6.28. The second-order valence-electron chi connectivity index (χ2n) is 6.78. The number of ether oxygens (including phenoxy) is 1. The molecule has 1 fully saturated rings. The van der Waals surface area contributed by atoms with Crippen LogP contribution >= 0.6 is 11.3 Å². The number of anilines is 1. The zero-order chi connectivity index (χ0) is 18.8. The van der Waals surface area contributed by atoms with Crippen molar-refractivity contribution < 1.29 is 9.13 Å². The van der Waals surface area contributed by atoms with E-state index in [4.69, 9.17) is 4.74 Å². The van der Waals surface area contributed by atoms with E-state index in [-0.39, 0.29) is 11.9 Å². The second-order valence-corrected chi connectivity index (χ2v) is 7.99. The lowest BCUT2D eigenvalue weighted by Crippen LogP contribution is -2.41. The number of nitrogens with zero attached hydrogens (tertiary/aromatic N) is 3. The maximum atomic E-state index is 13.4. The summed E-state index contributed by atoms with van der Waals surface area (Å²) >= 11 is 1.69. The fourth-order valence-electron chi connectivity index (χ4n) is 3.54. The molecule has 7 heteroatoms. The third kappa shape index (κ3) is 3.81. The molecule has 1 aromatic carbocycles. The van der Waals surface area contributed by atoms with E-state index in [9.17, 15) is 4.39 Å². The highest BCUT2D eigenvalue weighted by atomic mass is 32.1. The molecule has 0 unspecified atom stereocenters. The van der Waals surface area contributed by atoms with Crippen LogP contribution in [0.3, 0.4) is 0 Å². The number of hydrogen-bond acceptors (Lipinski definition) is 6. The molecule has 27 heavy (non-hydrogen) atoms. The number of fused-ring (bicyclic) bond motifs is 1. The standard InChI is InChI=1S/C20H23FN4OS/c1-13-14(2)27-20-18(13)19(23-12-24-20)22-11-17(25-7-9-26-10-8-25)15-3-5-16(21)6-4-15/h3-6,12,17H,7-11H2,1-2H3,(H,22,23,24)/t17-/m1/s1. The summed E-state index contributed by atoms with van der Waals surface area (Å²) in [6, 6.07) is 6.91. The Labute approximate surface area is 162 Å². The number of aryl methyl sites for hydroxylation is 2. The van der Waals surface area contributed by atoms with Crippen LogP contribution in [-0.4, -0.2) is 47.7 Å². The van der Waals surface area contributed by atoms with Crippen LogP contribution in [0.5, 0.6) is 0 Å². The van der Waals surface area contributed by atoms with Crippen molar-refractivity contribution in [3.8, 4) is 0 Å². The van der Waals surface area contributed by atoms with E-state index in [0.717, 1.165) is 47.9 Å². The average molecular weight is 386 g/mol. The third-order valence-electron chi connectivity index (χ3n) is 5.17. The van der Waals surface area contributed by atoms with Gasteiger partial charge in [0, 0.05) is 24.5 Å². The minimum atomic E-state index is -0.214. The zero-order valence-corrected chi connectivity index (χ0v) is 16.4. The fraction of sp³-hybridized carbons (Fsp3) is 0.400. The predicted molar refractivity (Wildman–Crippen MR) is 107 cm³/mol. The van der Waals surface area contributed by atoms with Crippen molar-refractivity contribution in [3.05, 3.63) is 52.4 Å². The first-order valence-electron chi connectivity index (χ1n) is 9.15. The van der Waals surface area contributed by atoms with Gasteiger partial charge in [-0.25, -0.2) is 14.4 Å². The van der Waals surface area contributed by atoms with Gasteiger partial charge < -0.3 is 10.1 Å². The normalized spacial score (nSPS) is 16.6. The highest BCUT2D eigenvalue weighted by Gasteiger charge is 2.23. The quantitative estimate of drug-likeness (QED) is 0.720. The molecular formula is C20H23FN4OS. The van der Waals surface area contributed by atoms with Crippen LogP contribution in [0.2, 0.25) is 0 Å². The molecule has 0 aliphatic carbocycles. The molecule has 1 saturated heterocycles. The van der Waals surface area contributed by atoms with Crippen molar-refractivity contribution in [2.45, 2.75) is 19.9 Å². The molecule has 5 nitrogen and oxygen atoms in total. The van der Waals surface area contributed by atoms with Gasteiger partial charge in [0.25, 0.3) is 0 Å². The van der Waals surface area contributed by atoms with Crippen LogP contribution in [0.1, 0.15) is 22.0 Å². The largest absolute Gasteiger partial charge is 0.379 e. The van der Waals surface area contributed by atoms with Crippen LogP contribution in [0.4, 0.5) is 10.2 Å². The summed E-state index contributed by atoms with van der Waals surface area (Å²) in [6.45, 7) is 8.07. The first kappa shape index (κ1) is 18.3. The Hall–Kier alpha value is -2.09. The van der Waals surface area contributed by atoms with Gasteiger partial charge in [-0.15, -0.1) is 11.3 Å². The van der Waals surface area contributed by atoms with Crippen molar-refractivity contribution in [3.63, 3.8) is 0 Å². The van der Waals surface area contributed by atoms with E-state index in [1.54, 1.807) is 17.7 Å². The lowest BCUT2D eigenvalue weighted by Gasteiger charge is -2.35. The predicted octanol–water partition coefficient (Wildman–Crippen LogP) is 3.93. The fourth-order valence-corrected chi connectivity index (χ4v) is 4.54. The monoisotopic (exact) mass is 386 g/mol. The minimum absolute atomic E-state index is 0.125. The molecule has 0 saturated carbocycles. The minimum Gasteiger partial charge on any atom is -0.379 e. The maximum absolute atomic E-state index is 13.4. The van der Waals surface area contributed by atoms with E-state index < -0.39 is 0 Å². The summed E-state index contributed by atoms with van der Waals surface area (Å²) < 4.78 is 18.9. The molecule has 3 aromatic rings. The molecule has 4 rings (SSSR count). The number of aromatic nitrogens is 2. The molecule has 0 amide bonds. The SMILES string of the molecule is Cc1sc2ncnc(NC[C@H](c3ccc(F)cc3)N3CCOCC3)c2c1C. The van der Waals surface area contributed by atoms with Crippen molar-refractivity contribution in [2.24, 2.45) is 0 Å². The number of nitrogens with one attached hydrogen (secondary N) is 1. The van der Waals surface area contributed by atoms with Crippen molar-refractivity contribution in [1.29, 1.82) is 0 Å². The lowest BCUT2D eigenvalue weighted by molar-refractivity contribution is 0.0187. The van der Waals surface area contributed by atoms with Gasteiger partial charge in [0.05, 0.1) is 24.6 Å². The summed E-state index contributed by atoms with van der Waals surface area (Å²) in [4.78, 5) is 13.5. The molecule has 0 bridgehead atoms. The lowest BCUT2D eigenvalue weighted by atomic mass is 10.0. The molecule has 0 spiro atoms. The Morgan fingerprint density at radius 2 is 1.93 bits per heavy atom. The summed E-state index contributed by atoms with van der Waals surface area (Å²) in [7, 11) is 0. The van der Waals surface area contributed by atoms with E-state index >= 15 is 0 Å². The number of morpholine rings is 1. The van der Waals surface area contributed by atoms with Gasteiger partial charge in [-0.3, -0.25) is 4.90 Å². The Bertz CT molecular complexity index is 922. The summed E-state index contributed by atoms with van der Waals surface area (Å²) in [6.07, 6.45) is 1.61.